The molecule has 6 nitrogen and oxygen atoms in total. The van der Waals surface area contributed by atoms with E-state index >= 15 is 0 Å². The lowest BCUT2D eigenvalue weighted by atomic mass is 9.79. The summed E-state index contributed by atoms with van der Waals surface area (Å²) >= 11 is 0. The zero-order chi connectivity index (χ0) is 37.7. The van der Waals surface area contributed by atoms with Crippen LogP contribution < -0.4 is 10.2 Å². The fourth-order valence-electron chi connectivity index (χ4n) is 7.90. The average Bonchev–Trinajstić information content (AvgIpc) is 3.00. The summed E-state index contributed by atoms with van der Waals surface area (Å²) in [6, 6.07) is 4.30. The van der Waals surface area contributed by atoms with Crippen molar-refractivity contribution in [2.75, 3.05) is 31.0 Å². The number of hydrogen-bond donors (Lipinski definition) is 1. The van der Waals surface area contributed by atoms with E-state index in [-0.39, 0.29) is 23.2 Å². The molecule has 0 saturated heterocycles. The number of carbonyl (C=O) groups excluding carboxylic acids is 2. The first-order chi connectivity index (χ1) is 23.2. The van der Waals surface area contributed by atoms with E-state index in [4.69, 9.17) is 4.74 Å². The number of halogens is 6. The SMILES string of the molecule is CCN(c1cc(C(F)(F)F)cc(C(=O)OC)c1C)C1C[C@@H](C)C[C@H](C)C1.COC(=O)c1cc(C(F)(F)F)cc(NC2C[C@@H](C)C[C@H](C)C2)c1C. The van der Waals surface area contributed by atoms with Crippen molar-refractivity contribution < 1.29 is 45.4 Å². The van der Waals surface area contributed by atoms with Crippen LogP contribution in [0.5, 0.6) is 0 Å². The standard InChI is InChI=1S/C20H28F3NO2.C18H24F3NO2/c1-6-24(16-8-12(2)7-13(3)9-16)18-11-15(20(21,22)23)10-17(14(18)4)19(25)26-5;1-10-5-11(2)7-14(6-10)22-16-9-13(18(19,20)21)8-15(12(16)3)17(23)24-4/h10-13,16H,6-9H2,1-5H3;8-11,14,22H,5-7H2,1-4H3/t12-,13-;10-,11-/m00/s1. The molecule has 0 heterocycles. The highest BCUT2D eigenvalue weighted by molar-refractivity contribution is 5.94. The summed E-state index contributed by atoms with van der Waals surface area (Å²) < 4.78 is 89.1. The lowest BCUT2D eigenvalue weighted by Crippen LogP contribution is -2.41. The molecule has 0 aliphatic heterocycles. The van der Waals surface area contributed by atoms with Gasteiger partial charge in [0.2, 0.25) is 0 Å². The molecule has 2 aliphatic rings. The number of nitrogens with one attached hydrogen (secondary N) is 1. The number of carbonyl (C=O) groups is 2. The van der Waals surface area contributed by atoms with Gasteiger partial charge in [0, 0.05) is 30.0 Å². The van der Waals surface area contributed by atoms with E-state index in [0.29, 0.717) is 52.7 Å². The average molecular weight is 715 g/mol. The zero-order valence-corrected chi connectivity index (χ0v) is 30.6. The molecule has 50 heavy (non-hydrogen) atoms. The summed E-state index contributed by atoms with van der Waals surface area (Å²) in [5, 5.41) is 3.23. The van der Waals surface area contributed by atoms with Crippen LogP contribution in [-0.4, -0.2) is 44.8 Å². The molecular weight excluding hydrogens is 662 g/mol. The van der Waals surface area contributed by atoms with Gasteiger partial charge < -0.3 is 19.7 Å². The molecule has 280 valence electrons. The van der Waals surface area contributed by atoms with Crippen molar-refractivity contribution in [3.8, 4) is 0 Å². The van der Waals surface area contributed by atoms with Gasteiger partial charge in [-0.1, -0.05) is 27.7 Å². The Morgan fingerprint density at radius 2 is 1.12 bits per heavy atom. The molecule has 0 spiro atoms. The molecule has 4 atom stereocenters. The van der Waals surface area contributed by atoms with Gasteiger partial charge in [-0.2, -0.15) is 26.3 Å². The first-order valence-electron chi connectivity index (χ1n) is 17.3. The topological polar surface area (TPSA) is 67.9 Å². The molecule has 2 fully saturated rings. The maximum Gasteiger partial charge on any atom is 0.416 e. The largest absolute Gasteiger partial charge is 0.465 e. The van der Waals surface area contributed by atoms with Gasteiger partial charge in [-0.15, -0.1) is 0 Å². The molecular formula is C38H52F6N2O4. The maximum atomic E-state index is 13.4. The van der Waals surface area contributed by atoms with E-state index in [0.717, 1.165) is 56.7 Å². The van der Waals surface area contributed by atoms with E-state index < -0.39 is 35.4 Å². The van der Waals surface area contributed by atoms with Crippen molar-refractivity contribution in [2.24, 2.45) is 23.7 Å². The summed E-state index contributed by atoms with van der Waals surface area (Å²) in [6.45, 7) is 14.6. The lowest BCUT2D eigenvalue weighted by molar-refractivity contribution is -0.138. The summed E-state index contributed by atoms with van der Waals surface area (Å²) in [5.41, 5.74) is 0.144. The molecule has 2 aromatic rings. The molecule has 0 amide bonds. The second kappa shape index (κ2) is 16.7. The number of hydrogen-bond acceptors (Lipinski definition) is 6. The quantitative estimate of drug-likeness (QED) is 0.228. The molecule has 1 N–H and O–H groups in total. The predicted octanol–water partition coefficient (Wildman–Crippen LogP) is 10.5. The fourth-order valence-corrected chi connectivity index (χ4v) is 7.90. The van der Waals surface area contributed by atoms with E-state index in [1.165, 1.54) is 20.3 Å². The van der Waals surface area contributed by atoms with Crippen LogP contribution in [0.3, 0.4) is 0 Å². The Bertz CT molecular complexity index is 1470. The molecule has 2 aromatic carbocycles. The smallest absolute Gasteiger partial charge is 0.416 e. The van der Waals surface area contributed by atoms with Gasteiger partial charge in [0.25, 0.3) is 0 Å². The molecule has 0 bridgehead atoms. The molecule has 4 rings (SSSR count). The minimum Gasteiger partial charge on any atom is -0.465 e. The number of methoxy groups -OCH3 is 2. The Morgan fingerprint density at radius 3 is 1.54 bits per heavy atom. The number of alkyl halides is 6. The van der Waals surface area contributed by atoms with Crippen molar-refractivity contribution in [1.29, 1.82) is 0 Å². The first kappa shape index (κ1) is 41.0. The molecule has 0 unspecified atom stereocenters. The van der Waals surface area contributed by atoms with Gasteiger partial charge in [0.15, 0.2) is 0 Å². The minimum atomic E-state index is -4.52. The van der Waals surface area contributed by atoms with Crippen LogP contribution in [0.25, 0.3) is 0 Å². The van der Waals surface area contributed by atoms with Crippen molar-refractivity contribution in [1.82, 2.24) is 0 Å². The Morgan fingerprint density at radius 1 is 0.700 bits per heavy atom. The van der Waals surface area contributed by atoms with Crippen molar-refractivity contribution in [3.05, 3.63) is 57.6 Å². The summed E-state index contributed by atoms with van der Waals surface area (Å²) in [7, 11) is 2.35. The van der Waals surface area contributed by atoms with Crippen LogP contribution >= 0.6 is 0 Å². The van der Waals surface area contributed by atoms with Crippen LogP contribution in [0, 0.1) is 37.5 Å². The third kappa shape index (κ3) is 10.3. The molecule has 0 aromatic heterocycles. The van der Waals surface area contributed by atoms with Gasteiger partial charge in [-0.25, -0.2) is 9.59 Å². The van der Waals surface area contributed by atoms with Crippen molar-refractivity contribution in [3.63, 3.8) is 0 Å². The van der Waals surface area contributed by atoms with Crippen molar-refractivity contribution in [2.45, 2.75) is 111 Å². The number of rotatable bonds is 7. The highest BCUT2D eigenvalue weighted by atomic mass is 19.4. The van der Waals surface area contributed by atoms with Gasteiger partial charge in [0.05, 0.1) is 36.5 Å². The number of anilines is 2. The molecule has 12 heteroatoms. The van der Waals surface area contributed by atoms with E-state index in [9.17, 15) is 35.9 Å². The highest BCUT2D eigenvalue weighted by Gasteiger charge is 2.36. The van der Waals surface area contributed by atoms with Gasteiger partial charge in [-0.3, -0.25) is 0 Å². The van der Waals surface area contributed by atoms with Crippen LogP contribution in [0.1, 0.15) is 116 Å². The normalized spacial score (nSPS) is 24.1. The molecule has 0 radical (unpaired) electrons. The van der Waals surface area contributed by atoms with E-state index in [1.54, 1.807) is 13.8 Å². The highest BCUT2D eigenvalue weighted by Crippen LogP contribution is 2.40. The minimum absolute atomic E-state index is 0.0207. The van der Waals surface area contributed by atoms with Crippen LogP contribution in [0.15, 0.2) is 24.3 Å². The third-order valence-corrected chi connectivity index (χ3v) is 10.0. The number of nitrogens with zero attached hydrogens (tertiary/aromatic N) is 1. The first-order valence-corrected chi connectivity index (χ1v) is 17.3. The van der Waals surface area contributed by atoms with Crippen molar-refractivity contribution >= 4 is 23.3 Å². The van der Waals surface area contributed by atoms with Gasteiger partial charge in [0.1, 0.15) is 0 Å². The molecule has 2 aliphatic carbocycles. The Hall–Kier alpha value is -3.44. The number of benzene rings is 2. The third-order valence-electron chi connectivity index (χ3n) is 10.0. The summed E-state index contributed by atoms with van der Waals surface area (Å²) in [6.07, 6.45) is -3.04. The fraction of sp³-hybridized carbons (Fsp3) is 0.632. The number of ether oxygens (including phenoxy) is 2. The summed E-state index contributed by atoms with van der Waals surface area (Å²) in [5.74, 6) is 0.617. The van der Waals surface area contributed by atoms with Gasteiger partial charge in [-0.05, 0) is 118 Å². The maximum absolute atomic E-state index is 13.4. The second-order valence-corrected chi connectivity index (χ2v) is 14.5. The monoisotopic (exact) mass is 714 g/mol. The van der Waals surface area contributed by atoms with E-state index in [2.05, 4.69) is 37.7 Å². The zero-order valence-electron chi connectivity index (χ0n) is 30.6. The number of esters is 2. The summed E-state index contributed by atoms with van der Waals surface area (Å²) in [4.78, 5) is 25.9. The van der Waals surface area contributed by atoms with E-state index in [1.807, 2.05) is 11.8 Å². The van der Waals surface area contributed by atoms with Gasteiger partial charge >= 0.3 is 24.3 Å². The van der Waals surface area contributed by atoms with Crippen LogP contribution in [-0.2, 0) is 21.8 Å². The Balaban J connectivity index is 0.000000271. The second-order valence-electron chi connectivity index (χ2n) is 14.5. The van der Waals surface area contributed by atoms with Crippen LogP contribution in [0.2, 0.25) is 0 Å². The predicted molar refractivity (Wildman–Crippen MR) is 184 cm³/mol. The molecule has 2 saturated carbocycles. The Kier molecular flexibility index (Phi) is 13.7. The van der Waals surface area contributed by atoms with Crippen LogP contribution in [0.4, 0.5) is 37.7 Å². The Labute approximate surface area is 292 Å². The lowest BCUT2D eigenvalue weighted by Gasteiger charge is -2.41.